The van der Waals surface area contributed by atoms with Gasteiger partial charge in [-0.05, 0) is 31.0 Å². The molecule has 142 valence electrons. The van der Waals surface area contributed by atoms with Crippen molar-refractivity contribution in [3.05, 3.63) is 28.2 Å². The third-order valence-electron chi connectivity index (χ3n) is 4.35. The van der Waals surface area contributed by atoms with Gasteiger partial charge in [-0.25, -0.2) is 0 Å². The number of hydrogen-bond donors (Lipinski definition) is 1. The minimum atomic E-state index is -0.564. The Morgan fingerprint density at radius 2 is 1.88 bits per heavy atom. The van der Waals surface area contributed by atoms with Crippen LogP contribution in [0.2, 0.25) is 0 Å². The molecule has 0 aromatic heterocycles. The summed E-state index contributed by atoms with van der Waals surface area (Å²) in [6, 6.07) is 5.30. The molecule has 26 heavy (non-hydrogen) atoms. The number of carbonyl (C=O) groups excluding carboxylic acids is 3. The fourth-order valence-corrected chi connectivity index (χ4v) is 3.34. The first-order chi connectivity index (χ1) is 12.5. The first kappa shape index (κ1) is 20.4. The molecule has 0 bridgehead atoms. The monoisotopic (exact) mass is 425 g/mol. The number of ketones is 1. The summed E-state index contributed by atoms with van der Waals surface area (Å²) in [5.41, 5.74) is 0.407. The minimum Gasteiger partial charge on any atom is -0.496 e. The lowest BCUT2D eigenvalue weighted by atomic mass is 9.95. The van der Waals surface area contributed by atoms with Crippen LogP contribution in [0.3, 0.4) is 0 Å². The second-order valence-corrected chi connectivity index (χ2v) is 7.25. The highest BCUT2D eigenvalue weighted by molar-refractivity contribution is 9.10. The second-order valence-electron chi connectivity index (χ2n) is 6.33. The summed E-state index contributed by atoms with van der Waals surface area (Å²) in [6.45, 7) is -0.302. The lowest BCUT2D eigenvalue weighted by Gasteiger charge is -2.22. The molecule has 0 spiro atoms. The van der Waals surface area contributed by atoms with Gasteiger partial charge in [-0.3, -0.25) is 14.4 Å². The summed E-state index contributed by atoms with van der Waals surface area (Å²) in [5.74, 6) is -0.610. The van der Waals surface area contributed by atoms with Crippen LogP contribution in [0.15, 0.2) is 22.7 Å². The van der Waals surface area contributed by atoms with Crippen LogP contribution in [-0.2, 0) is 14.3 Å². The summed E-state index contributed by atoms with van der Waals surface area (Å²) in [6.07, 6.45) is 5.31. The fraction of sp³-hybridized carbons (Fsp3) is 0.526. The largest absolute Gasteiger partial charge is 0.496 e. The van der Waals surface area contributed by atoms with E-state index in [2.05, 4.69) is 21.2 Å². The van der Waals surface area contributed by atoms with Crippen molar-refractivity contribution >= 4 is 33.6 Å². The number of Topliss-reactive ketones (excluding diaryl/α,β-unsaturated/α-hetero) is 1. The lowest BCUT2D eigenvalue weighted by Crippen LogP contribution is -2.38. The van der Waals surface area contributed by atoms with E-state index in [9.17, 15) is 14.4 Å². The van der Waals surface area contributed by atoms with Gasteiger partial charge < -0.3 is 14.8 Å². The standard InChI is InChI=1S/C19H24BrNO5/c1-25-17-9-7-13(20)11-15(17)16(22)8-10-19(24)26-12-18(23)21-14-5-3-2-4-6-14/h7,9,11,14H,2-6,8,10,12H2,1H3,(H,21,23). The molecule has 7 heteroatoms. The number of nitrogens with one attached hydrogen (secondary N) is 1. The van der Waals surface area contributed by atoms with E-state index in [0.717, 1.165) is 30.2 Å². The topological polar surface area (TPSA) is 81.7 Å². The maximum absolute atomic E-state index is 12.3. The van der Waals surface area contributed by atoms with Crippen molar-refractivity contribution < 1.29 is 23.9 Å². The van der Waals surface area contributed by atoms with Gasteiger partial charge in [-0.2, -0.15) is 0 Å². The van der Waals surface area contributed by atoms with Crippen molar-refractivity contribution in [1.29, 1.82) is 0 Å². The third kappa shape index (κ3) is 6.44. The molecule has 6 nitrogen and oxygen atoms in total. The van der Waals surface area contributed by atoms with E-state index in [-0.39, 0.29) is 37.2 Å². The van der Waals surface area contributed by atoms with E-state index in [4.69, 9.17) is 9.47 Å². The SMILES string of the molecule is COc1ccc(Br)cc1C(=O)CCC(=O)OCC(=O)NC1CCCCC1. The summed E-state index contributed by atoms with van der Waals surface area (Å²) in [5, 5.41) is 2.88. The molecule has 0 aliphatic heterocycles. The maximum atomic E-state index is 12.3. The fourth-order valence-electron chi connectivity index (χ4n) is 2.98. The molecule has 1 aromatic carbocycles. The molecule has 1 amide bonds. The van der Waals surface area contributed by atoms with Crippen LogP contribution in [0.25, 0.3) is 0 Å². The zero-order chi connectivity index (χ0) is 18.9. The van der Waals surface area contributed by atoms with Gasteiger partial charge >= 0.3 is 5.97 Å². The van der Waals surface area contributed by atoms with Crippen LogP contribution in [0.4, 0.5) is 0 Å². The Balaban J connectivity index is 1.73. The van der Waals surface area contributed by atoms with Crippen LogP contribution in [-0.4, -0.2) is 37.4 Å². The molecule has 1 aliphatic rings. The predicted octanol–water partition coefficient (Wildman–Crippen LogP) is 3.41. The number of methoxy groups -OCH3 is 1. The Morgan fingerprint density at radius 1 is 1.15 bits per heavy atom. The summed E-state index contributed by atoms with van der Waals surface area (Å²) < 4.78 is 10.9. The van der Waals surface area contributed by atoms with Crippen molar-refractivity contribution in [2.45, 2.75) is 51.0 Å². The van der Waals surface area contributed by atoms with Crippen molar-refractivity contribution in [2.75, 3.05) is 13.7 Å². The van der Waals surface area contributed by atoms with E-state index in [1.54, 1.807) is 18.2 Å². The summed E-state index contributed by atoms with van der Waals surface area (Å²) >= 11 is 3.31. The van der Waals surface area contributed by atoms with E-state index in [1.807, 2.05) is 0 Å². The number of amides is 1. The van der Waals surface area contributed by atoms with Crippen molar-refractivity contribution in [3.63, 3.8) is 0 Å². The van der Waals surface area contributed by atoms with Gasteiger partial charge in [0.25, 0.3) is 5.91 Å². The molecule has 1 aliphatic carbocycles. The molecule has 0 atom stereocenters. The number of benzene rings is 1. The zero-order valence-electron chi connectivity index (χ0n) is 14.9. The second kappa shape index (κ2) is 10.3. The molecule has 1 N–H and O–H groups in total. The lowest BCUT2D eigenvalue weighted by molar-refractivity contribution is -0.148. The molecule has 1 saturated carbocycles. The van der Waals surface area contributed by atoms with Crippen LogP contribution in [0.5, 0.6) is 5.75 Å². The highest BCUT2D eigenvalue weighted by Crippen LogP contribution is 2.24. The van der Waals surface area contributed by atoms with E-state index in [1.165, 1.54) is 13.5 Å². The first-order valence-electron chi connectivity index (χ1n) is 8.81. The Bertz CT molecular complexity index is 655. The van der Waals surface area contributed by atoms with Gasteiger partial charge in [0.05, 0.1) is 19.1 Å². The molecule has 1 aromatic rings. The van der Waals surface area contributed by atoms with Crippen LogP contribution < -0.4 is 10.1 Å². The zero-order valence-corrected chi connectivity index (χ0v) is 16.5. The van der Waals surface area contributed by atoms with E-state index < -0.39 is 5.97 Å². The van der Waals surface area contributed by atoms with Crippen molar-refractivity contribution in [3.8, 4) is 5.75 Å². The smallest absolute Gasteiger partial charge is 0.306 e. The van der Waals surface area contributed by atoms with Crippen LogP contribution in [0, 0.1) is 0 Å². The first-order valence-corrected chi connectivity index (χ1v) is 9.60. The normalized spacial score (nSPS) is 14.5. The molecule has 2 rings (SSSR count). The van der Waals surface area contributed by atoms with Crippen LogP contribution >= 0.6 is 15.9 Å². The van der Waals surface area contributed by atoms with E-state index >= 15 is 0 Å². The van der Waals surface area contributed by atoms with E-state index in [0.29, 0.717) is 11.3 Å². The van der Waals surface area contributed by atoms with Crippen LogP contribution in [0.1, 0.15) is 55.3 Å². The molecule has 0 radical (unpaired) electrons. The number of halogens is 1. The van der Waals surface area contributed by atoms with Gasteiger partial charge in [-0.1, -0.05) is 35.2 Å². The summed E-state index contributed by atoms with van der Waals surface area (Å²) in [7, 11) is 1.49. The Labute approximate surface area is 161 Å². The average molecular weight is 426 g/mol. The number of rotatable bonds is 8. The quantitative estimate of drug-likeness (QED) is 0.509. The van der Waals surface area contributed by atoms with Gasteiger partial charge in [0.15, 0.2) is 12.4 Å². The highest BCUT2D eigenvalue weighted by Gasteiger charge is 2.18. The highest BCUT2D eigenvalue weighted by atomic mass is 79.9. The number of carbonyl (C=O) groups is 3. The van der Waals surface area contributed by atoms with Gasteiger partial charge in [0, 0.05) is 16.9 Å². The molecule has 1 fully saturated rings. The Kier molecular flexibility index (Phi) is 8.09. The van der Waals surface area contributed by atoms with Gasteiger partial charge in [0.1, 0.15) is 5.75 Å². The number of esters is 1. The predicted molar refractivity (Wildman–Crippen MR) is 100 cm³/mol. The average Bonchev–Trinajstić information content (AvgIpc) is 2.65. The molecule has 0 heterocycles. The van der Waals surface area contributed by atoms with Gasteiger partial charge in [0.2, 0.25) is 0 Å². The summed E-state index contributed by atoms with van der Waals surface area (Å²) in [4.78, 5) is 35.9. The number of ether oxygens (including phenoxy) is 2. The molecule has 0 unspecified atom stereocenters. The molecular formula is C19H24BrNO5. The Morgan fingerprint density at radius 3 is 2.58 bits per heavy atom. The number of hydrogen-bond acceptors (Lipinski definition) is 5. The minimum absolute atomic E-state index is 0.00408. The van der Waals surface area contributed by atoms with Crippen molar-refractivity contribution in [1.82, 2.24) is 5.32 Å². The molecular weight excluding hydrogens is 402 g/mol. The van der Waals surface area contributed by atoms with Crippen molar-refractivity contribution in [2.24, 2.45) is 0 Å². The molecule has 0 saturated heterocycles. The Hall–Kier alpha value is -1.89. The van der Waals surface area contributed by atoms with Gasteiger partial charge in [-0.15, -0.1) is 0 Å². The third-order valence-corrected chi connectivity index (χ3v) is 4.85. The maximum Gasteiger partial charge on any atom is 0.306 e.